The number of rotatable bonds is 5. The number of nitro groups is 1. The molecule has 0 aromatic heterocycles. The van der Waals surface area contributed by atoms with Crippen molar-refractivity contribution in [2.24, 2.45) is 0 Å². The average molecular weight is 418 g/mol. The Hall–Kier alpha value is -3.13. The summed E-state index contributed by atoms with van der Waals surface area (Å²) < 4.78 is 5.48. The predicted molar refractivity (Wildman–Crippen MR) is 107 cm³/mol. The van der Waals surface area contributed by atoms with Crippen LogP contribution in [-0.4, -0.2) is 59.3 Å². The molecule has 1 aliphatic rings. The molecule has 2 aromatic rings. The number of carbonyl (C=O) groups is 2. The normalized spacial score (nSPS) is 13.9. The smallest absolute Gasteiger partial charge is 0.273 e. The molecule has 0 N–H and O–H groups in total. The summed E-state index contributed by atoms with van der Waals surface area (Å²) in [5.41, 5.74) is 0.575. The highest BCUT2D eigenvalue weighted by molar-refractivity contribution is 6.30. The van der Waals surface area contributed by atoms with Gasteiger partial charge in [-0.1, -0.05) is 17.7 Å². The molecule has 0 radical (unpaired) electrons. The summed E-state index contributed by atoms with van der Waals surface area (Å²) in [6.07, 6.45) is 0. The van der Waals surface area contributed by atoms with Gasteiger partial charge in [0, 0.05) is 48.4 Å². The molecule has 3 rings (SSSR count). The van der Waals surface area contributed by atoms with Crippen LogP contribution in [0.1, 0.15) is 15.9 Å². The fourth-order valence-corrected chi connectivity index (χ4v) is 3.28. The Kier molecular flexibility index (Phi) is 6.33. The zero-order valence-electron chi connectivity index (χ0n) is 15.8. The van der Waals surface area contributed by atoms with Gasteiger partial charge in [-0.3, -0.25) is 19.7 Å². The molecular weight excluding hydrogens is 398 g/mol. The lowest BCUT2D eigenvalue weighted by molar-refractivity contribution is -0.385. The van der Waals surface area contributed by atoms with Crippen molar-refractivity contribution in [3.8, 4) is 5.75 Å². The summed E-state index contributed by atoms with van der Waals surface area (Å²) in [7, 11) is 0. The van der Waals surface area contributed by atoms with Gasteiger partial charge >= 0.3 is 0 Å². The molecule has 0 atom stereocenters. The van der Waals surface area contributed by atoms with E-state index in [1.54, 1.807) is 47.1 Å². The van der Waals surface area contributed by atoms with Gasteiger partial charge < -0.3 is 14.5 Å². The highest BCUT2D eigenvalue weighted by Gasteiger charge is 2.27. The zero-order valence-corrected chi connectivity index (χ0v) is 16.6. The largest absolute Gasteiger partial charge is 0.484 e. The van der Waals surface area contributed by atoms with Crippen molar-refractivity contribution in [1.82, 2.24) is 9.80 Å². The first-order valence-electron chi connectivity index (χ1n) is 9.06. The lowest BCUT2D eigenvalue weighted by Gasteiger charge is -2.35. The minimum atomic E-state index is -0.497. The molecule has 1 aliphatic heterocycles. The summed E-state index contributed by atoms with van der Waals surface area (Å²) >= 11 is 5.82. The molecule has 8 nitrogen and oxygen atoms in total. The molecule has 1 heterocycles. The molecule has 9 heteroatoms. The summed E-state index contributed by atoms with van der Waals surface area (Å²) in [6.45, 7) is 2.94. The van der Waals surface area contributed by atoms with E-state index in [1.807, 2.05) is 0 Å². The number of halogens is 1. The van der Waals surface area contributed by atoms with Gasteiger partial charge in [-0.25, -0.2) is 0 Å². The second kappa shape index (κ2) is 8.91. The quantitative estimate of drug-likeness (QED) is 0.550. The minimum absolute atomic E-state index is 0.0796. The van der Waals surface area contributed by atoms with Gasteiger partial charge in [0.1, 0.15) is 5.75 Å². The van der Waals surface area contributed by atoms with Gasteiger partial charge in [0.05, 0.1) is 4.92 Å². The van der Waals surface area contributed by atoms with E-state index in [4.69, 9.17) is 16.3 Å². The van der Waals surface area contributed by atoms with Crippen LogP contribution in [0, 0.1) is 17.0 Å². The van der Waals surface area contributed by atoms with E-state index in [-0.39, 0.29) is 24.1 Å². The Balaban J connectivity index is 1.55. The number of amides is 2. The van der Waals surface area contributed by atoms with Crippen molar-refractivity contribution in [2.45, 2.75) is 6.92 Å². The topological polar surface area (TPSA) is 93.0 Å². The maximum Gasteiger partial charge on any atom is 0.273 e. The van der Waals surface area contributed by atoms with E-state index in [2.05, 4.69) is 0 Å². The summed E-state index contributed by atoms with van der Waals surface area (Å²) in [6, 6.07) is 11.2. The number of hydrogen-bond acceptors (Lipinski definition) is 5. The predicted octanol–water partition coefficient (Wildman–Crippen LogP) is 2.92. The Morgan fingerprint density at radius 2 is 1.69 bits per heavy atom. The molecule has 152 valence electrons. The average Bonchev–Trinajstić information content (AvgIpc) is 2.72. The molecule has 0 saturated carbocycles. The van der Waals surface area contributed by atoms with Crippen molar-refractivity contribution >= 4 is 29.1 Å². The monoisotopic (exact) mass is 417 g/mol. The van der Waals surface area contributed by atoms with E-state index in [9.17, 15) is 19.7 Å². The van der Waals surface area contributed by atoms with Crippen molar-refractivity contribution in [1.29, 1.82) is 0 Å². The third-order valence-corrected chi connectivity index (χ3v) is 5.08. The highest BCUT2D eigenvalue weighted by Crippen LogP contribution is 2.23. The molecule has 0 aliphatic carbocycles. The Morgan fingerprint density at radius 1 is 1.07 bits per heavy atom. The molecule has 0 unspecified atom stereocenters. The SMILES string of the molecule is Cc1c(C(=O)N2CCN(C(=O)COc3ccc(Cl)cc3)CC2)cccc1[N+](=O)[O-]. The lowest BCUT2D eigenvalue weighted by atomic mass is 10.1. The second-order valence-corrected chi connectivity index (χ2v) is 7.06. The molecule has 1 saturated heterocycles. The number of nitro benzene ring substituents is 1. The van der Waals surface area contributed by atoms with Gasteiger partial charge in [-0.05, 0) is 37.3 Å². The maximum atomic E-state index is 12.8. The van der Waals surface area contributed by atoms with Crippen LogP contribution >= 0.6 is 11.6 Å². The first kappa shape index (κ1) is 20.6. The molecule has 29 heavy (non-hydrogen) atoms. The van der Waals surface area contributed by atoms with Gasteiger partial charge in [0.2, 0.25) is 0 Å². The second-order valence-electron chi connectivity index (χ2n) is 6.62. The number of nitrogens with zero attached hydrogens (tertiary/aromatic N) is 3. The summed E-state index contributed by atoms with van der Waals surface area (Å²) in [5, 5.41) is 11.7. The van der Waals surface area contributed by atoms with Crippen LogP contribution in [0.25, 0.3) is 0 Å². The maximum absolute atomic E-state index is 12.8. The fourth-order valence-electron chi connectivity index (χ4n) is 3.15. The number of ether oxygens (including phenoxy) is 1. The minimum Gasteiger partial charge on any atom is -0.484 e. The summed E-state index contributed by atoms with van der Waals surface area (Å²) in [4.78, 5) is 39.0. The third kappa shape index (κ3) is 4.83. The van der Waals surface area contributed by atoms with Crippen molar-refractivity contribution < 1.29 is 19.2 Å². The van der Waals surface area contributed by atoms with Gasteiger partial charge in [-0.2, -0.15) is 0 Å². The molecule has 1 fully saturated rings. The zero-order chi connectivity index (χ0) is 21.0. The van der Waals surface area contributed by atoms with Crippen molar-refractivity contribution in [3.63, 3.8) is 0 Å². The molecule has 0 bridgehead atoms. The lowest BCUT2D eigenvalue weighted by Crippen LogP contribution is -2.51. The first-order chi connectivity index (χ1) is 13.9. The van der Waals surface area contributed by atoms with E-state index in [0.29, 0.717) is 48.1 Å². The van der Waals surface area contributed by atoms with Crippen LogP contribution in [0.15, 0.2) is 42.5 Å². The van der Waals surface area contributed by atoms with Crippen LogP contribution in [-0.2, 0) is 4.79 Å². The van der Waals surface area contributed by atoms with E-state index < -0.39 is 4.92 Å². The number of carbonyl (C=O) groups excluding carboxylic acids is 2. The Morgan fingerprint density at radius 3 is 2.31 bits per heavy atom. The van der Waals surface area contributed by atoms with Crippen LogP contribution in [0.4, 0.5) is 5.69 Å². The fraction of sp³-hybridized carbons (Fsp3) is 0.300. The number of hydrogen-bond donors (Lipinski definition) is 0. The Bertz CT molecular complexity index is 924. The van der Waals surface area contributed by atoms with Crippen LogP contribution in [0.2, 0.25) is 5.02 Å². The van der Waals surface area contributed by atoms with Crippen molar-refractivity contribution in [2.75, 3.05) is 32.8 Å². The summed E-state index contributed by atoms with van der Waals surface area (Å²) in [5.74, 6) is 0.118. The van der Waals surface area contributed by atoms with Gasteiger partial charge in [-0.15, -0.1) is 0 Å². The van der Waals surface area contributed by atoms with E-state index in [0.717, 1.165) is 0 Å². The number of benzene rings is 2. The van der Waals surface area contributed by atoms with Gasteiger partial charge in [0.15, 0.2) is 6.61 Å². The first-order valence-corrected chi connectivity index (χ1v) is 9.44. The van der Waals surface area contributed by atoms with Crippen LogP contribution in [0.5, 0.6) is 5.75 Å². The molecule has 2 aromatic carbocycles. The van der Waals surface area contributed by atoms with Crippen molar-refractivity contribution in [3.05, 3.63) is 68.7 Å². The highest BCUT2D eigenvalue weighted by atomic mass is 35.5. The van der Waals surface area contributed by atoms with Crippen LogP contribution in [0.3, 0.4) is 0 Å². The van der Waals surface area contributed by atoms with E-state index >= 15 is 0 Å². The molecular formula is C20H20ClN3O5. The standard InChI is InChI=1S/C20H20ClN3O5/c1-14-17(3-2-4-18(14)24(27)28)20(26)23-11-9-22(10-12-23)19(25)13-29-16-7-5-15(21)6-8-16/h2-8H,9-13H2,1H3. The molecule has 0 spiro atoms. The number of piperazine rings is 1. The third-order valence-electron chi connectivity index (χ3n) is 4.83. The van der Waals surface area contributed by atoms with Gasteiger partial charge in [0.25, 0.3) is 17.5 Å². The Labute approximate surface area is 172 Å². The van der Waals surface area contributed by atoms with Crippen LogP contribution < -0.4 is 4.74 Å². The molecule has 2 amide bonds. The van der Waals surface area contributed by atoms with E-state index in [1.165, 1.54) is 12.1 Å².